The molecule has 8 nitrogen and oxygen atoms in total. The van der Waals surface area contributed by atoms with Crippen LogP contribution in [0, 0.1) is 0 Å². The Morgan fingerprint density at radius 3 is 1.97 bits per heavy atom. The molecule has 0 aromatic rings. The van der Waals surface area contributed by atoms with Crippen molar-refractivity contribution in [3.63, 3.8) is 0 Å². The molecule has 0 aromatic carbocycles. The van der Waals surface area contributed by atoms with Crippen LogP contribution in [-0.2, 0) is 19.0 Å². The molecule has 0 aliphatic rings. The predicted octanol–water partition coefficient (Wildman–Crippen LogP) is 5.67. The number of rotatable bonds is 21. The average Bonchev–Trinajstić information content (AvgIpc) is 2.74. The Kier molecular flexibility index (Phi) is 20.0. The highest BCUT2D eigenvalue weighted by Crippen LogP contribution is 2.18. The van der Waals surface area contributed by atoms with Crippen LogP contribution in [0.1, 0.15) is 97.3 Å². The second-order valence-electron chi connectivity index (χ2n) is 7.68. The highest BCUT2D eigenvalue weighted by atomic mass is 16.7. The molecule has 0 saturated heterocycles. The monoisotopic (exact) mass is 429 g/mol. The molecule has 0 amide bonds. The van der Waals surface area contributed by atoms with Gasteiger partial charge in [0.1, 0.15) is 6.79 Å². The van der Waals surface area contributed by atoms with Gasteiger partial charge >= 0.3 is 5.97 Å². The van der Waals surface area contributed by atoms with Crippen LogP contribution in [0.5, 0.6) is 0 Å². The summed E-state index contributed by atoms with van der Waals surface area (Å²) >= 11 is 0. The first kappa shape index (κ1) is 28.7. The summed E-state index contributed by atoms with van der Waals surface area (Å²) < 4.78 is 15.4. The quantitative estimate of drug-likeness (QED) is 0.0630. The van der Waals surface area contributed by atoms with E-state index >= 15 is 0 Å². The molecule has 0 aliphatic carbocycles. The van der Waals surface area contributed by atoms with Crippen LogP contribution < -0.4 is 0 Å². The van der Waals surface area contributed by atoms with Crippen molar-refractivity contribution in [3.05, 3.63) is 10.4 Å². The maximum Gasteiger partial charge on any atom is 0.317 e. The van der Waals surface area contributed by atoms with Crippen LogP contribution in [0.3, 0.4) is 0 Å². The van der Waals surface area contributed by atoms with E-state index < -0.39 is 24.2 Å². The van der Waals surface area contributed by atoms with E-state index in [1.54, 1.807) is 6.92 Å². The molecular weight excluding hydrogens is 386 g/mol. The molecule has 0 fully saturated rings. The second kappa shape index (κ2) is 20.9. The zero-order valence-corrected chi connectivity index (χ0v) is 19.3. The van der Waals surface area contributed by atoms with Crippen molar-refractivity contribution < 1.29 is 24.1 Å². The summed E-state index contributed by atoms with van der Waals surface area (Å²) in [5, 5.41) is 14.0. The fourth-order valence-electron chi connectivity index (χ4n) is 3.44. The van der Waals surface area contributed by atoms with Crippen LogP contribution in [0.2, 0.25) is 0 Å². The zero-order chi connectivity index (χ0) is 22.5. The first-order chi connectivity index (χ1) is 14.6. The summed E-state index contributed by atoms with van der Waals surface area (Å²) in [4.78, 5) is 14.7. The third-order valence-electron chi connectivity index (χ3n) is 5.15. The van der Waals surface area contributed by atoms with E-state index in [0.29, 0.717) is 6.42 Å². The van der Waals surface area contributed by atoms with Gasteiger partial charge in [-0.25, -0.2) is 0 Å². The SMILES string of the molecule is CCCCCCCCCCCCCC[C@H](OCOC)[C@@H](O)[C@@H](N=[N+]=[N-])C(=O)OCC. The zero-order valence-electron chi connectivity index (χ0n) is 19.3. The summed E-state index contributed by atoms with van der Waals surface area (Å²) in [6, 6.07) is -1.32. The number of aliphatic hydroxyl groups is 1. The molecule has 30 heavy (non-hydrogen) atoms. The molecule has 0 rings (SSSR count). The van der Waals surface area contributed by atoms with Crippen molar-refractivity contribution in [2.45, 2.75) is 116 Å². The van der Waals surface area contributed by atoms with Gasteiger partial charge in [0.2, 0.25) is 0 Å². The van der Waals surface area contributed by atoms with E-state index in [9.17, 15) is 9.90 Å². The molecule has 0 aromatic heterocycles. The Morgan fingerprint density at radius 1 is 0.967 bits per heavy atom. The Bertz CT molecular complexity index is 458. The lowest BCUT2D eigenvalue weighted by molar-refractivity contribution is -0.156. The smallest absolute Gasteiger partial charge is 0.317 e. The Morgan fingerprint density at radius 2 is 1.50 bits per heavy atom. The van der Waals surface area contributed by atoms with Crippen molar-refractivity contribution in [1.82, 2.24) is 0 Å². The predicted molar refractivity (Wildman–Crippen MR) is 118 cm³/mol. The van der Waals surface area contributed by atoms with Gasteiger partial charge in [-0.05, 0) is 18.9 Å². The summed E-state index contributed by atoms with van der Waals surface area (Å²) in [6.07, 6.45) is 13.5. The molecule has 0 saturated carbocycles. The Balaban J connectivity index is 4.19. The molecule has 8 heteroatoms. The number of azide groups is 1. The van der Waals surface area contributed by atoms with Crippen LogP contribution in [0.4, 0.5) is 0 Å². The highest BCUT2D eigenvalue weighted by Gasteiger charge is 2.34. The van der Waals surface area contributed by atoms with E-state index in [2.05, 4.69) is 16.9 Å². The average molecular weight is 430 g/mol. The van der Waals surface area contributed by atoms with Crippen molar-refractivity contribution in [2.24, 2.45) is 5.11 Å². The third kappa shape index (κ3) is 14.6. The second-order valence-corrected chi connectivity index (χ2v) is 7.68. The summed E-state index contributed by atoms with van der Waals surface area (Å²) in [5.74, 6) is -0.747. The normalized spacial score (nSPS) is 14.0. The number of nitrogens with zero attached hydrogens (tertiary/aromatic N) is 3. The van der Waals surface area contributed by atoms with Crippen LogP contribution in [0.25, 0.3) is 10.4 Å². The van der Waals surface area contributed by atoms with Gasteiger partial charge in [0.25, 0.3) is 0 Å². The van der Waals surface area contributed by atoms with Gasteiger partial charge in [-0.2, -0.15) is 0 Å². The van der Waals surface area contributed by atoms with Crippen molar-refractivity contribution >= 4 is 5.97 Å². The number of carbonyl (C=O) groups excluding carboxylic acids is 1. The minimum absolute atomic E-state index is 0.00814. The molecule has 0 aliphatic heterocycles. The number of esters is 1. The Labute approximate surface area is 182 Å². The lowest BCUT2D eigenvalue weighted by Crippen LogP contribution is -2.43. The highest BCUT2D eigenvalue weighted by molar-refractivity contribution is 5.76. The number of unbranched alkanes of at least 4 members (excludes halogenated alkanes) is 11. The number of methoxy groups -OCH3 is 1. The number of ether oxygens (including phenoxy) is 3. The largest absolute Gasteiger partial charge is 0.466 e. The van der Waals surface area contributed by atoms with Gasteiger partial charge in [-0.3, -0.25) is 4.79 Å². The van der Waals surface area contributed by atoms with Crippen molar-refractivity contribution in [3.8, 4) is 0 Å². The molecule has 0 spiro atoms. The first-order valence-corrected chi connectivity index (χ1v) is 11.6. The van der Waals surface area contributed by atoms with E-state index in [1.807, 2.05) is 0 Å². The van der Waals surface area contributed by atoms with Crippen molar-refractivity contribution in [1.29, 1.82) is 0 Å². The van der Waals surface area contributed by atoms with E-state index in [0.717, 1.165) is 19.3 Å². The standard InChI is InChI=1S/C22H43N3O5/c1-4-6-7-8-9-10-11-12-13-14-15-16-17-19(30-18-28-3)21(26)20(24-25-23)22(27)29-5-2/h19-21,26H,4-18H2,1-3H3/t19-,20+,21+/m0/s1. The number of aliphatic hydroxyl groups excluding tert-OH is 1. The van der Waals surface area contributed by atoms with Gasteiger partial charge in [0, 0.05) is 12.0 Å². The number of hydrogen-bond acceptors (Lipinski definition) is 6. The van der Waals surface area contributed by atoms with Gasteiger partial charge in [-0.1, -0.05) is 89.1 Å². The van der Waals surface area contributed by atoms with Crippen LogP contribution >= 0.6 is 0 Å². The maximum absolute atomic E-state index is 12.0. The fraction of sp³-hybridized carbons (Fsp3) is 0.955. The van der Waals surface area contributed by atoms with E-state index in [4.69, 9.17) is 19.7 Å². The topological polar surface area (TPSA) is 114 Å². The van der Waals surface area contributed by atoms with E-state index in [1.165, 1.54) is 64.9 Å². The first-order valence-electron chi connectivity index (χ1n) is 11.6. The molecule has 0 bridgehead atoms. The lowest BCUT2D eigenvalue weighted by atomic mass is 9.99. The molecule has 0 unspecified atom stereocenters. The summed E-state index contributed by atoms with van der Waals surface area (Å²) in [5.41, 5.74) is 8.72. The van der Waals surface area contributed by atoms with Crippen molar-refractivity contribution in [2.75, 3.05) is 20.5 Å². The van der Waals surface area contributed by atoms with Crippen LogP contribution in [-0.4, -0.2) is 49.8 Å². The van der Waals surface area contributed by atoms with Gasteiger partial charge in [-0.15, -0.1) is 0 Å². The maximum atomic E-state index is 12.0. The van der Waals surface area contributed by atoms with Gasteiger partial charge < -0.3 is 19.3 Å². The third-order valence-corrected chi connectivity index (χ3v) is 5.15. The van der Waals surface area contributed by atoms with Gasteiger partial charge in [0.05, 0.1) is 18.8 Å². The molecule has 3 atom stereocenters. The fourth-order valence-corrected chi connectivity index (χ4v) is 3.44. The number of hydrogen-bond donors (Lipinski definition) is 1. The summed E-state index contributed by atoms with van der Waals surface area (Å²) in [7, 11) is 1.49. The lowest BCUT2D eigenvalue weighted by Gasteiger charge is -2.26. The minimum atomic E-state index is -1.32. The molecule has 1 N–H and O–H groups in total. The Hall–Kier alpha value is -1.34. The molecule has 176 valence electrons. The van der Waals surface area contributed by atoms with E-state index in [-0.39, 0.29) is 13.4 Å². The minimum Gasteiger partial charge on any atom is -0.466 e. The number of carbonyl (C=O) groups is 1. The molecule has 0 heterocycles. The molecule has 0 radical (unpaired) electrons. The van der Waals surface area contributed by atoms with Gasteiger partial charge in [0.15, 0.2) is 6.04 Å². The van der Waals surface area contributed by atoms with Crippen LogP contribution in [0.15, 0.2) is 5.11 Å². The molecular formula is C22H43N3O5. The summed E-state index contributed by atoms with van der Waals surface area (Å²) in [6.45, 7) is 4.03.